The minimum absolute atomic E-state index is 0.0328. The van der Waals surface area contributed by atoms with Gasteiger partial charge in [0.15, 0.2) is 0 Å². The van der Waals surface area contributed by atoms with Crippen LogP contribution in [0.3, 0.4) is 0 Å². The first-order valence-electron chi connectivity index (χ1n) is 15.7. The van der Waals surface area contributed by atoms with Crippen molar-refractivity contribution >= 4 is 45.9 Å². The van der Waals surface area contributed by atoms with Gasteiger partial charge in [0, 0.05) is 49.9 Å². The van der Waals surface area contributed by atoms with Gasteiger partial charge in [-0.15, -0.1) is 0 Å². The largest absolute Gasteiger partial charge is 0.494 e. The maximum absolute atomic E-state index is 13.6. The van der Waals surface area contributed by atoms with Gasteiger partial charge in [-0.3, -0.25) is 9.59 Å². The molecule has 44 heavy (non-hydrogen) atoms. The number of likely N-dealkylation sites (N-methyl/N-ethyl adjacent to an activating group) is 2. The highest BCUT2D eigenvalue weighted by Crippen LogP contribution is 2.39. The zero-order valence-corrected chi connectivity index (χ0v) is 26.5. The van der Waals surface area contributed by atoms with Crippen LogP contribution >= 0.6 is 0 Å². The third-order valence-corrected chi connectivity index (χ3v) is 8.74. The van der Waals surface area contributed by atoms with E-state index in [1.165, 1.54) is 12.5 Å². The first-order chi connectivity index (χ1) is 21.3. The lowest BCUT2D eigenvalue weighted by Crippen LogP contribution is -2.37. The lowest BCUT2D eigenvalue weighted by Gasteiger charge is -2.26. The number of amides is 2. The molecule has 0 radical (unpaired) electrons. The van der Waals surface area contributed by atoms with Crippen LogP contribution in [0.5, 0.6) is 5.75 Å². The summed E-state index contributed by atoms with van der Waals surface area (Å²) in [5.74, 6) is 0.613. The first-order valence-corrected chi connectivity index (χ1v) is 15.7. The average Bonchev–Trinajstić information content (AvgIpc) is 3.68. The first kappa shape index (κ1) is 31.3. The molecule has 11 nitrogen and oxygen atoms in total. The number of nitrogens with one attached hydrogen (secondary N) is 3. The molecule has 2 saturated carbocycles. The second-order valence-electron chi connectivity index (χ2n) is 12.2. The zero-order chi connectivity index (χ0) is 31.2. The highest BCUT2D eigenvalue weighted by atomic mass is 16.5. The molecule has 3 N–H and O–H groups in total. The summed E-state index contributed by atoms with van der Waals surface area (Å²) in [6, 6.07) is 6.09. The molecule has 0 aliphatic heterocycles. The summed E-state index contributed by atoms with van der Waals surface area (Å²) in [7, 11) is 7.63. The van der Waals surface area contributed by atoms with Crippen molar-refractivity contribution in [3.63, 3.8) is 0 Å². The zero-order valence-electron chi connectivity index (χ0n) is 26.5. The minimum atomic E-state index is -0.311. The van der Waals surface area contributed by atoms with Crippen molar-refractivity contribution < 1.29 is 14.3 Å². The van der Waals surface area contributed by atoms with Crippen LogP contribution in [0.4, 0.5) is 23.0 Å². The van der Waals surface area contributed by atoms with Gasteiger partial charge in [-0.25, -0.2) is 4.98 Å². The lowest BCUT2D eigenvalue weighted by molar-refractivity contribution is -0.111. The molecule has 3 aromatic rings. The van der Waals surface area contributed by atoms with E-state index in [-0.39, 0.29) is 23.9 Å². The molecule has 11 heteroatoms. The summed E-state index contributed by atoms with van der Waals surface area (Å²) in [6.07, 6.45) is 12.9. The number of benzene rings is 1. The number of hydrogen-bond donors (Lipinski definition) is 3. The van der Waals surface area contributed by atoms with Gasteiger partial charge < -0.3 is 35.1 Å². The molecule has 0 unspecified atom stereocenters. The number of anilines is 4. The van der Waals surface area contributed by atoms with E-state index in [9.17, 15) is 9.59 Å². The van der Waals surface area contributed by atoms with Crippen LogP contribution in [-0.2, 0) is 4.79 Å². The third kappa shape index (κ3) is 7.15. The molecule has 1 aromatic carbocycles. The quantitative estimate of drug-likeness (QED) is 0.233. The van der Waals surface area contributed by atoms with Crippen molar-refractivity contribution in [2.45, 2.75) is 69.9 Å². The van der Waals surface area contributed by atoms with Crippen molar-refractivity contribution in [1.29, 1.82) is 0 Å². The molecule has 0 saturated heterocycles. The van der Waals surface area contributed by atoms with Crippen LogP contribution in [-0.4, -0.2) is 78.6 Å². The van der Waals surface area contributed by atoms with Crippen LogP contribution in [0.25, 0.3) is 11.0 Å². The van der Waals surface area contributed by atoms with Crippen molar-refractivity contribution in [3.8, 4) is 5.75 Å². The Balaban J connectivity index is 1.49. The van der Waals surface area contributed by atoms with Crippen LogP contribution in [0.2, 0.25) is 0 Å². The highest BCUT2D eigenvalue weighted by Gasteiger charge is 2.27. The van der Waals surface area contributed by atoms with Crippen LogP contribution in [0.1, 0.15) is 74.3 Å². The maximum Gasteiger partial charge on any atom is 0.268 e. The number of ether oxygens (including phenoxy) is 1. The molecule has 2 amide bonds. The summed E-state index contributed by atoms with van der Waals surface area (Å²) >= 11 is 0. The third-order valence-electron chi connectivity index (χ3n) is 8.74. The number of aromatic nitrogens is 3. The van der Waals surface area contributed by atoms with Crippen molar-refractivity contribution in [2.75, 3.05) is 56.9 Å². The molecule has 5 rings (SSSR count). The Kier molecular flexibility index (Phi) is 10.0. The molecular formula is C33H46N8O3. The number of nitrogens with zero attached hydrogens (tertiary/aromatic N) is 5. The number of hydrogen-bond acceptors (Lipinski definition) is 8. The van der Waals surface area contributed by atoms with Gasteiger partial charge in [0.2, 0.25) is 11.9 Å². The number of fused-ring (bicyclic) bond motifs is 1. The molecule has 236 valence electrons. The second kappa shape index (κ2) is 14.1. The maximum atomic E-state index is 13.6. The topological polar surface area (TPSA) is 117 Å². The van der Waals surface area contributed by atoms with E-state index in [1.807, 2.05) is 39.3 Å². The van der Waals surface area contributed by atoms with Gasteiger partial charge in [-0.1, -0.05) is 38.7 Å². The SMILES string of the molecule is C=CC(=O)Nc1cc(Nc2ncc3cc(C(=O)NC4CCCCC4)n(C4CCCC4)c3n2)c(OC)cc1N(C)CCN(C)C. The fourth-order valence-electron chi connectivity index (χ4n) is 6.31. The van der Waals surface area contributed by atoms with Gasteiger partial charge in [0.1, 0.15) is 17.1 Å². The predicted octanol–water partition coefficient (Wildman–Crippen LogP) is 5.48. The molecule has 2 fully saturated rings. The molecule has 2 aliphatic rings. The standard InChI is InChI=1S/C33H46N8O3/c1-6-30(42)36-25-19-26(29(44-5)20-27(25)40(4)17-16-39(2)3)37-33-34-21-22-18-28(32(43)35-23-12-8-7-9-13-23)41(31(22)38-33)24-14-10-11-15-24/h6,18-21,23-24H,1,7-17H2,2-5H3,(H,35,43)(H,36,42)(H,34,37,38). The fraction of sp³-hybridized carbons (Fsp3) is 0.515. The van der Waals surface area contributed by atoms with Crippen molar-refractivity contribution in [2.24, 2.45) is 0 Å². The van der Waals surface area contributed by atoms with Crippen molar-refractivity contribution in [1.82, 2.24) is 24.8 Å². The Labute approximate surface area is 260 Å². The minimum Gasteiger partial charge on any atom is -0.494 e. The Hall–Kier alpha value is -4.12. The number of methoxy groups -OCH3 is 1. The normalized spacial score (nSPS) is 15.8. The van der Waals surface area contributed by atoms with E-state index in [0.717, 1.165) is 81.2 Å². The highest BCUT2D eigenvalue weighted by molar-refractivity contribution is 6.02. The van der Waals surface area contributed by atoms with Gasteiger partial charge in [-0.05, 0) is 58.0 Å². The summed E-state index contributed by atoms with van der Waals surface area (Å²) in [5, 5.41) is 10.4. The summed E-state index contributed by atoms with van der Waals surface area (Å²) in [5.41, 5.74) is 3.41. The van der Waals surface area contributed by atoms with Gasteiger partial charge in [0.05, 0.1) is 24.2 Å². The van der Waals surface area contributed by atoms with Gasteiger partial charge in [0.25, 0.3) is 5.91 Å². The molecule has 2 aliphatic carbocycles. The number of rotatable bonds is 12. The molecule has 2 heterocycles. The smallest absolute Gasteiger partial charge is 0.268 e. The lowest BCUT2D eigenvalue weighted by atomic mass is 9.95. The fourth-order valence-corrected chi connectivity index (χ4v) is 6.31. The van der Waals surface area contributed by atoms with Gasteiger partial charge >= 0.3 is 0 Å². The molecule has 0 bridgehead atoms. The summed E-state index contributed by atoms with van der Waals surface area (Å²) < 4.78 is 7.90. The summed E-state index contributed by atoms with van der Waals surface area (Å²) in [6.45, 7) is 5.19. The molecular weight excluding hydrogens is 556 g/mol. The van der Waals surface area contributed by atoms with E-state index < -0.39 is 0 Å². The van der Waals surface area contributed by atoms with Gasteiger partial charge in [-0.2, -0.15) is 4.98 Å². The van der Waals surface area contributed by atoms with E-state index >= 15 is 0 Å². The predicted molar refractivity (Wildman–Crippen MR) is 176 cm³/mol. The Bertz CT molecular complexity index is 1490. The Morgan fingerprint density at radius 2 is 1.75 bits per heavy atom. The van der Waals surface area contributed by atoms with Crippen LogP contribution in [0.15, 0.2) is 37.1 Å². The van der Waals surface area contributed by atoms with E-state index in [2.05, 4.69) is 41.9 Å². The van der Waals surface area contributed by atoms with E-state index in [1.54, 1.807) is 13.3 Å². The van der Waals surface area contributed by atoms with Crippen LogP contribution in [0, 0.1) is 0 Å². The Morgan fingerprint density at radius 3 is 2.43 bits per heavy atom. The molecule has 2 aromatic heterocycles. The van der Waals surface area contributed by atoms with Crippen LogP contribution < -0.4 is 25.6 Å². The second-order valence-corrected chi connectivity index (χ2v) is 12.2. The van der Waals surface area contributed by atoms with E-state index in [4.69, 9.17) is 9.72 Å². The summed E-state index contributed by atoms with van der Waals surface area (Å²) in [4.78, 5) is 39.7. The Morgan fingerprint density at radius 1 is 1.02 bits per heavy atom. The number of carbonyl (C=O) groups excluding carboxylic acids is 2. The average molecular weight is 603 g/mol. The van der Waals surface area contributed by atoms with Crippen molar-refractivity contribution in [3.05, 3.63) is 42.7 Å². The number of carbonyl (C=O) groups is 2. The monoisotopic (exact) mass is 602 g/mol. The molecule has 0 spiro atoms. The van der Waals surface area contributed by atoms with E-state index in [0.29, 0.717) is 28.8 Å². The molecule has 0 atom stereocenters.